The predicted octanol–water partition coefficient (Wildman–Crippen LogP) is 4.90. The van der Waals surface area contributed by atoms with Crippen molar-refractivity contribution in [1.29, 1.82) is 0 Å². The lowest BCUT2D eigenvalue weighted by Crippen LogP contribution is -1.94. The number of rotatable bonds is 7. The maximum Gasteiger partial charge on any atom is 0.271 e. The molecule has 4 aromatic rings. The van der Waals surface area contributed by atoms with Crippen molar-refractivity contribution in [3.8, 4) is 22.7 Å². The van der Waals surface area contributed by atoms with Crippen LogP contribution in [0.5, 0.6) is 5.75 Å². The van der Waals surface area contributed by atoms with Crippen LogP contribution in [-0.4, -0.2) is 28.0 Å². The van der Waals surface area contributed by atoms with Gasteiger partial charge in [-0.1, -0.05) is 24.3 Å². The largest absolute Gasteiger partial charge is 0.497 e. The minimum atomic E-state index is -0.444. The molecule has 0 aliphatic heterocycles. The van der Waals surface area contributed by atoms with Gasteiger partial charge in [0.1, 0.15) is 11.4 Å². The summed E-state index contributed by atoms with van der Waals surface area (Å²) >= 11 is 0. The lowest BCUT2D eigenvalue weighted by Gasteiger charge is -2.03. The number of non-ortho nitro benzene ring substituents is 1. The van der Waals surface area contributed by atoms with E-state index in [2.05, 4.69) is 10.5 Å². The highest BCUT2D eigenvalue weighted by atomic mass is 16.6. The predicted molar refractivity (Wildman–Crippen MR) is 120 cm³/mol. The summed E-state index contributed by atoms with van der Waals surface area (Å²) in [6.45, 7) is 0. The molecule has 0 unspecified atom stereocenters. The van der Waals surface area contributed by atoms with Crippen LogP contribution in [0.4, 0.5) is 11.4 Å². The van der Waals surface area contributed by atoms with Gasteiger partial charge in [0.2, 0.25) is 0 Å². The number of nitrogens with zero attached hydrogens (tertiary/aromatic N) is 4. The maximum absolute atomic E-state index is 11.0. The molecule has 8 heteroatoms. The van der Waals surface area contributed by atoms with E-state index in [1.54, 1.807) is 30.1 Å². The molecule has 0 bridgehead atoms. The molecule has 0 saturated carbocycles. The summed E-state index contributed by atoms with van der Waals surface area (Å²) in [5.74, 6) is 0.758. The zero-order valence-electron chi connectivity index (χ0n) is 16.7. The van der Waals surface area contributed by atoms with Crippen LogP contribution < -0.4 is 10.2 Å². The Labute approximate surface area is 178 Å². The SMILES string of the molecule is COc1ccc(-c2nn(-c3ccccc3)cc2/C=N\Nc2cccc([N+](=O)[O-])c2)cc1. The molecule has 0 aliphatic rings. The fourth-order valence-electron chi connectivity index (χ4n) is 3.03. The van der Waals surface area contributed by atoms with E-state index in [1.165, 1.54) is 12.1 Å². The van der Waals surface area contributed by atoms with Crippen LogP contribution in [-0.2, 0) is 0 Å². The van der Waals surface area contributed by atoms with Crippen molar-refractivity contribution in [2.24, 2.45) is 5.10 Å². The Kier molecular flexibility index (Phi) is 5.70. The second-order valence-corrected chi connectivity index (χ2v) is 6.62. The third-order valence-electron chi connectivity index (χ3n) is 4.58. The lowest BCUT2D eigenvalue weighted by molar-refractivity contribution is -0.384. The van der Waals surface area contributed by atoms with Gasteiger partial charge >= 0.3 is 0 Å². The van der Waals surface area contributed by atoms with E-state index in [4.69, 9.17) is 9.84 Å². The molecule has 0 amide bonds. The van der Waals surface area contributed by atoms with Gasteiger partial charge in [-0.25, -0.2) is 4.68 Å². The number of methoxy groups -OCH3 is 1. The topological polar surface area (TPSA) is 94.6 Å². The molecule has 3 aromatic carbocycles. The molecule has 0 radical (unpaired) electrons. The first-order valence-corrected chi connectivity index (χ1v) is 9.47. The summed E-state index contributed by atoms with van der Waals surface area (Å²) in [5, 5.41) is 20.0. The van der Waals surface area contributed by atoms with E-state index in [1.807, 2.05) is 60.8 Å². The first kappa shape index (κ1) is 19.8. The highest BCUT2D eigenvalue weighted by Crippen LogP contribution is 2.25. The summed E-state index contributed by atoms with van der Waals surface area (Å²) in [6, 6.07) is 23.6. The van der Waals surface area contributed by atoms with Gasteiger partial charge in [-0.3, -0.25) is 15.5 Å². The van der Waals surface area contributed by atoms with E-state index in [0.717, 1.165) is 28.3 Å². The third kappa shape index (κ3) is 4.59. The molecule has 0 spiro atoms. The molecule has 1 heterocycles. The van der Waals surface area contributed by atoms with Gasteiger partial charge in [0, 0.05) is 29.5 Å². The first-order chi connectivity index (χ1) is 15.1. The number of anilines is 1. The van der Waals surface area contributed by atoms with Crippen molar-refractivity contribution in [1.82, 2.24) is 9.78 Å². The van der Waals surface area contributed by atoms with Crippen LogP contribution in [0.15, 0.2) is 90.2 Å². The van der Waals surface area contributed by atoms with E-state index >= 15 is 0 Å². The minimum absolute atomic E-state index is 0.00369. The van der Waals surface area contributed by atoms with Crippen LogP contribution in [0.2, 0.25) is 0 Å². The van der Waals surface area contributed by atoms with Crippen LogP contribution in [0.1, 0.15) is 5.56 Å². The number of nitro groups is 1. The van der Waals surface area contributed by atoms with Crippen LogP contribution in [0.25, 0.3) is 16.9 Å². The van der Waals surface area contributed by atoms with E-state index in [0.29, 0.717) is 5.69 Å². The van der Waals surface area contributed by atoms with Crippen molar-refractivity contribution in [2.45, 2.75) is 0 Å². The molecule has 1 aromatic heterocycles. The van der Waals surface area contributed by atoms with Gasteiger partial charge < -0.3 is 4.74 Å². The Hall–Kier alpha value is -4.46. The third-order valence-corrected chi connectivity index (χ3v) is 4.58. The summed E-state index contributed by atoms with van der Waals surface area (Å²) < 4.78 is 7.03. The highest BCUT2D eigenvalue weighted by molar-refractivity contribution is 5.89. The second kappa shape index (κ2) is 8.91. The number of aromatic nitrogens is 2. The molecule has 31 heavy (non-hydrogen) atoms. The fraction of sp³-hybridized carbons (Fsp3) is 0.0435. The van der Waals surface area contributed by atoms with E-state index < -0.39 is 4.92 Å². The lowest BCUT2D eigenvalue weighted by atomic mass is 10.1. The number of nitro benzene ring substituents is 1. The molecule has 154 valence electrons. The van der Waals surface area contributed by atoms with Gasteiger partial charge in [0.25, 0.3) is 5.69 Å². The average molecular weight is 413 g/mol. The number of benzene rings is 3. The zero-order chi connectivity index (χ0) is 21.6. The van der Waals surface area contributed by atoms with Gasteiger partial charge in [0.05, 0.1) is 29.6 Å². The summed E-state index contributed by atoms with van der Waals surface area (Å²) in [5.41, 5.74) is 6.72. The standard InChI is InChI=1S/C23H19N5O3/c1-31-22-12-10-17(11-13-22)23-18(16-27(26-23)20-7-3-2-4-8-20)15-24-25-19-6-5-9-21(14-19)28(29)30/h2-16,25H,1H3/b24-15-. The van der Waals surface area contributed by atoms with Gasteiger partial charge in [-0.05, 0) is 42.5 Å². The second-order valence-electron chi connectivity index (χ2n) is 6.62. The number of para-hydroxylation sites is 1. The normalized spacial score (nSPS) is 10.9. The smallest absolute Gasteiger partial charge is 0.271 e. The number of nitrogens with one attached hydrogen (secondary N) is 1. The first-order valence-electron chi connectivity index (χ1n) is 9.47. The van der Waals surface area contributed by atoms with Crippen molar-refractivity contribution in [2.75, 3.05) is 12.5 Å². The Bertz CT molecular complexity index is 1220. The Balaban J connectivity index is 1.66. The Morgan fingerprint density at radius 3 is 2.55 bits per heavy atom. The van der Waals surface area contributed by atoms with Crippen molar-refractivity contribution in [3.63, 3.8) is 0 Å². The molecular formula is C23H19N5O3. The summed E-state index contributed by atoms with van der Waals surface area (Å²) in [4.78, 5) is 10.5. The molecule has 0 saturated heterocycles. The van der Waals surface area contributed by atoms with Crippen LogP contribution >= 0.6 is 0 Å². The number of hydrogen-bond acceptors (Lipinski definition) is 6. The Morgan fingerprint density at radius 2 is 1.84 bits per heavy atom. The zero-order valence-corrected chi connectivity index (χ0v) is 16.7. The molecule has 0 atom stereocenters. The van der Waals surface area contributed by atoms with Crippen molar-refractivity contribution >= 4 is 17.6 Å². The number of hydrogen-bond donors (Lipinski definition) is 1. The van der Waals surface area contributed by atoms with E-state index in [-0.39, 0.29) is 5.69 Å². The van der Waals surface area contributed by atoms with Crippen LogP contribution in [0, 0.1) is 10.1 Å². The number of ether oxygens (including phenoxy) is 1. The molecule has 1 N–H and O–H groups in total. The highest BCUT2D eigenvalue weighted by Gasteiger charge is 2.11. The molecule has 0 aliphatic carbocycles. The minimum Gasteiger partial charge on any atom is -0.497 e. The Morgan fingerprint density at radius 1 is 1.06 bits per heavy atom. The van der Waals surface area contributed by atoms with Crippen LogP contribution in [0.3, 0.4) is 0 Å². The van der Waals surface area contributed by atoms with Crippen molar-refractivity contribution < 1.29 is 9.66 Å². The molecule has 4 rings (SSSR count). The van der Waals surface area contributed by atoms with Gasteiger partial charge in [-0.2, -0.15) is 10.2 Å². The van der Waals surface area contributed by atoms with Gasteiger partial charge in [-0.15, -0.1) is 0 Å². The summed E-state index contributed by atoms with van der Waals surface area (Å²) in [6.07, 6.45) is 3.53. The molecule has 8 nitrogen and oxygen atoms in total. The summed E-state index contributed by atoms with van der Waals surface area (Å²) in [7, 11) is 1.62. The maximum atomic E-state index is 11.0. The molecule has 0 fully saturated rings. The van der Waals surface area contributed by atoms with E-state index in [9.17, 15) is 10.1 Å². The number of hydrazone groups is 1. The average Bonchev–Trinajstić information content (AvgIpc) is 3.24. The monoisotopic (exact) mass is 413 g/mol. The fourth-order valence-corrected chi connectivity index (χ4v) is 3.03. The van der Waals surface area contributed by atoms with Gasteiger partial charge in [0.15, 0.2) is 0 Å². The van der Waals surface area contributed by atoms with Crippen molar-refractivity contribution in [3.05, 3.63) is 101 Å². The quantitative estimate of drug-likeness (QED) is 0.264. The molecular weight excluding hydrogens is 394 g/mol.